The van der Waals surface area contributed by atoms with Crippen molar-refractivity contribution >= 4 is 12.4 Å². The summed E-state index contributed by atoms with van der Waals surface area (Å²) in [6.07, 6.45) is 1.33. The van der Waals surface area contributed by atoms with E-state index in [2.05, 4.69) is 15.1 Å². The molecule has 6 nitrogen and oxygen atoms in total. The minimum absolute atomic E-state index is 0. The smallest absolute Gasteiger partial charge is 0.280 e. The van der Waals surface area contributed by atoms with E-state index < -0.39 is 0 Å². The Hall–Kier alpha value is -1.40. The molecular weight excluding hydrogens is 208 g/mol. The van der Waals surface area contributed by atoms with Crippen LogP contribution in [0.15, 0.2) is 15.3 Å². The van der Waals surface area contributed by atoms with Crippen molar-refractivity contribution in [1.29, 1.82) is 0 Å². The molecule has 0 amide bonds. The van der Waals surface area contributed by atoms with E-state index in [0.29, 0.717) is 23.2 Å². The lowest BCUT2D eigenvalue weighted by molar-refractivity contribution is 0.421. The standard InChI is InChI=1S/C7H8N4O2.ClH/c1-4-6(9-3-12-4)7-10-5(2-8)11-13-7;/h3H,2,8H2,1H3;1H. The number of halogens is 1. The van der Waals surface area contributed by atoms with Gasteiger partial charge < -0.3 is 14.7 Å². The average molecular weight is 217 g/mol. The molecule has 0 unspecified atom stereocenters. The van der Waals surface area contributed by atoms with Gasteiger partial charge in [-0.05, 0) is 6.92 Å². The average Bonchev–Trinajstić information content (AvgIpc) is 2.71. The van der Waals surface area contributed by atoms with Gasteiger partial charge in [-0.25, -0.2) is 4.98 Å². The quantitative estimate of drug-likeness (QED) is 0.803. The van der Waals surface area contributed by atoms with Gasteiger partial charge >= 0.3 is 0 Å². The summed E-state index contributed by atoms with van der Waals surface area (Å²) in [6, 6.07) is 0. The summed E-state index contributed by atoms with van der Waals surface area (Å²) in [5.41, 5.74) is 5.89. The van der Waals surface area contributed by atoms with Gasteiger partial charge in [-0.15, -0.1) is 12.4 Å². The Morgan fingerprint density at radius 2 is 2.29 bits per heavy atom. The minimum Gasteiger partial charge on any atom is -0.448 e. The zero-order valence-corrected chi connectivity index (χ0v) is 8.24. The van der Waals surface area contributed by atoms with Crippen molar-refractivity contribution in [3.63, 3.8) is 0 Å². The molecule has 0 aliphatic carbocycles. The van der Waals surface area contributed by atoms with Crippen molar-refractivity contribution in [1.82, 2.24) is 15.1 Å². The van der Waals surface area contributed by atoms with E-state index >= 15 is 0 Å². The highest BCUT2D eigenvalue weighted by Crippen LogP contribution is 2.18. The third-order valence-electron chi connectivity index (χ3n) is 1.60. The van der Waals surface area contributed by atoms with Crippen LogP contribution in [0.25, 0.3) is 11.6 Å². The van der Waals surface area contributed by atoms with E-state index in [4.69, 9.17) is 14.7 Å². The van der Waals surface area contributed by atoms with Crippen molar-refractivity contribution in [2.24, 2.45) is 5.73 Å². The third-order valence-corrected chi connectivity index (χ3v) is 1.60. The molecule has 2 rings (SSSR count). The Labute approximate surface area is 85.9 Å². The molecule has 0 aromatic carbocycles. The van der Waals surface area contributed by atoms with Gasteiger partial charge in [-0.2, -0.15) is 4.98 Å². The SMILES string of the molecule is Cc1ocnc1-c1nc(CN)no1.Cl. The van der Waals surface area contributed by atoms with Crippen molar-refractivity contribution in [3.8, 4) is 11.6 Å². The maximum absolute atomic E-state index is 5.33. The van der Waals surface area contributed by atoms with Crippen LogP contribution in [0.4, 0.5) is 0 Å². The fraction of sp³-hybridized carbons (Fsp3) is 0.286. The molecule has 0 bridgehead atoms. The van der Waals surface area contributed by atoms with Gasteiger partial charge in [0.1, 0.15) is 5.76 Å². The molecular formula is C7H9ClN4O2. The number of nitrogens with two attached hydrogens (primary N) is 1. The first-order chi connectivity index (χ1) is 6.31. The summed E-state index contributed by atoms with van der Waals surface area (Å²) in [7, 11) is 0. The molecule has 2 heterocycles. The maximum Gasteiger partial charge on any atom is 0.280 e. The number of nitrogens with zero attached hydrogens (tertiary/aromatic N) is 3. The van der Waals surface area contributed by atoms with Crippen LogP contribution in [-0.4, -0.2) is 15.1 Å². The highest BCUT2D eigenvalue weighted by atomic mass is 35.5. The summed E-state index contributed by atoms with van der Waals surface area (Å²) < 4.78 is 9.91. The molecule has 0 aliphatic heterocycles. The second-order valence-electron chi connectivity index (χ2n) is 2.48. The fourth-order valence-electron chi connectivity index (χ4n) is 0.944. The third kappa shape index (κ3) is 1.75. The highest BCUT2D eigenvalue weighted by molar-refractivity contribution is 5.85. The fourth-order valence-corrected chi connectivity index (χ4v) is 0.944. The molecule has 0 fully saturated rings. The van der Waals surface area contributed by atoms with Crippen LogP contribution in [0.5, 0.6) is 0 Å². The molecule has 0 aliphatic rings. The number of rotatable bonds is 2. The van der Waals surface area contributed by atoms with E-state index in [0.717, 1.165) is 0 Å². The summed E-state index contributed by atoms with van der Waals surface area (Å²) in [5.74, 6) is 1.44. The van der Waals surface area contributed by atoms with Crippen molar-refractivity contribution < 1.29 is 8.94 Å². The lowest BCUT2D eigenvalue weighted by Gasteiger charge is -1.85. The Balaban J connectivity index is 0.000000980. The molecule has 0 radical (unpaired) electrons. The molecule has 2 aromatic rings. The second kappa shape index (κ2) is 4.21. The van der Waals surface area contributed by atoms with E-state index in [1.807, 2.05) is 0 Å². The van der Waals surface area contributed by atoms with Crippen LogP contribution in [0.2, 0.25) is 0 Å². The Kier molecular flexibility index (Phi) is 3.21. The molecule has 7 heteroatoms. The van der Waals surface area contributed by atoms with E-state index in [1.54, 1.807) is 6.92 Å². The van der Waals surface area contributed by atoms with Crippen LogP contribution in [0, 0.1) is 6.92 Å². The van der Waals surface area contributed by atoms with Crippen LogP contribution in [0.3, 0.4) is 0 Å². The van der Waals surface area contributed by atoms with Crippen molar-refractivity contribution in [3.05, 3.63) is 18.0 Å². The van der Waals surface area contributed by atoms with Gasteiger partial charge in [0.25, 0.3) is 5.89 Å². The molecule has 0 saturated carbocycles. The zero-order valence-electron chi connectivity index (χ0n) is 7.43. The summed E-state index contributed by atoms with van der Waals surface area (Å²) in [5, 5.41) is 3.64. The predicted molar refractivity (Wildman–Crippen MR) is 49.7 cm³/mol. The highest BCUT2D eigenvalue weighted by Gasteiger charge is 2.13. The molecule has 2 N–H and O–H groups in total. The van der Waals surface area contributed by atoms with Crippen molar-refractivity contribution in [2.45, 2.75) is 13.5 Å². The number of aromatic nitrogens is 3. The zero-order chi connectivity index (χ0) is 9.26. The first-order valence-electron chi connectivity index (χ1n) is 3.74. The monoisotopic (exact) mass is 216 g/mol. The second-order valence-corrected chi connectivity index (χ2v) is 2.48. The number of oxazole rings is 1. The lowest BCUT2D eigenvalue weighted by Crippen LogP contribution is -1.97. The molecule has 14 heavy (non-hydrogen) atoms. The number of aryl methyl sites for hydroxylation is 1. The van der Waals surface area contributed by atoms with Crippen LogP contribution >= 0.6 is 12.4 Å². The van der Waals surface area contributed by atoms with E-state index in [-0.39, 0.29) is 19.0 Å². The first-order valence-corrected chi connectivity index (χ1v) is 3.74. The van der Waals surface area contributed by atoms with Gasteiger partial charge in [0, 0.05) is 0 Å². The predicted octanol–water partition coefficient (Wildman–Crippen LogP) is 0.914. The normalized spacial score (nSPS) is 9.86. The van der Waals surface area contributed by atoms with Gasteiger partial charge in [-0.1, -0.05) is 5.16 Å². The van der Waals surface area contributed by atoms with Gasteiger partial charge in [-0.3, -0.25) is 0 Å². The molecule has 0 saturated heterocycles. The van der Waals surface area contributed by atoms with Crippen LogP contribution < -0.4 is 5.73 Å². The summed E-state index contributed by atoms with van der Waals surface area (Å²) >= 11 is 0. The number of hydrogen-bond donors (Lipinski definition) is 1. The molecule has 76 valence electrons. The van der Waals surface area contributed by atoms with Crippen LogP contribution in [0.1, 0.15) is 11.6 Å². The summed E-state index contributed by atoms with van der Waals surface area (Å²) in [4.78, 5) is 7.94. The van der Waals surface area contributed by atoms with E-state index in [1.165, 1.54) is 6.39 Å². The van der Waals surface area contributed by atoms with Gasteiger partial charge in [0.15, 0.2) is 17.9 Å². The van der Waals surface area contributed by atoms with E-state index in [9.17, 15) is 0 Å². The molecule has 2 aromatic heterocycles. The lowest BCUT2D eigenvalue weighted by atomic mass is 10.4. The number of hydrogen-bond acceptors (Lipinski definition) is 6. The Morgan fingerprint density at radius 1 is 1.50 bits per heavy atom. The summed E-state index contributed by atoms with van der Waals surface area (Å²) in [6.45, 7) is 2.02. The molecule has 0 atom stereocenters. The Morgan fingerprint density at radius 3 is 2.79 bits per heavy atom. The Bertz CT molecular complexity index is 411. The van der Waals surface area contributed by atoms with Crippen molar-refractivity contribution in [2.75, 3.05) is 0 Å². The van der Waals surface area contributed by atoms with Gasteiger partial charge in [0.05, 0.1) is 6.54 Å². The first kappa shape index (κ1) is 10.7. The minimum atomic E-state index is 0. The molecule has 0 spiro atoms. The largest absolute Gasteiger partial charge is 0.448 e. The van der Waals surface area contributed by atoms with Crippen LogP contribution in [-0.2, 0) is 6.54 Å². The maximum atomic E-state index is 5.33. The topological polar surface area (TPSA) is 91.0 Å². The van der Waals surface area contributed by atoms with Gasteiger partial charge in [0.2, 0.25) is 0 Å².